The van der Waals surface area contributed by atoms with Gasteiger partial charge in [0.15, 0.2) is 11.4 Å². The zero-order chi connectivity index (χ0) is 25.5. The summed E-state index contributed by atoms with van der Waals surface area (Å²) in [5.41, 5.74) is 1.63. The van der Waals surface area contributed by atoms with Crippen molar-refractivity contribution in [2.75, 3.05) is 6.61 Å². The van der Waals surface area contributed by atoms with E-state index in [4.69, 9.17) is 19.5 Å². The van der Waals surface area contributed by atoms with Crippen LogP contribution in [0.25, 0.3) is 28.1 Å². The smallest absolute Gasteiger partial charge is 0.261 e. The number of benzene rings is 3. The third-order valence-electron chi connectivity index (χ3n) is 7.67. The number of rotatable bonds is 3. The highest BCUT2D eigenvalue weighted by Crippen LogP contribution is 2.69. The average molecular weight is 487 g/mol. The zero-order valence-electron chi connectivity index (χ0n) is 21.1. The number of phenolic OH excluding ortho intramolecular Hbond substituents is 2. The first kappa shape index (κ1) is 23.0. The second-order valence-electron chi connectivity index (χ2n) is 11.4. The molecule has 3 heterocycles. The summed E-state index contributed by atoms with van der Waals surface area (Å²) in [6.45, 7) is 10.8. The summed E-state index contributed by atoms with van der Waals surface area (Å²) in [4.78, 5) is 16.4. The SMILES string of the molecule is CC(C)(C)C12OOC1(c1cc(O)c(-c3nc4ccccc4n3-c3ccccc3)c(O)c1)OCC2(C)C. The molecule has 1 aromatic heterocycles. The summed E-state index contributed by atoms with van der Waals surface area (Å²) >= 11 is 0. The van der Waals surface area contributed by atoms with Gasteiger partial charge < -0.3 is 14.9 Å². The lowest BCUT2D eigenvalue weighted by molar-refractivity contribution is -0.626. The largest absolute Gasteiger partial charge is 0.507 e. The van der Waals surface area contributed by atoms with E-state index in [1.54, 1.807) is 12.1 Å². The number of aromatic hydroxyl groups is 2. The van der Waals surface area contributed by atoms with E-state index in [1.165, 1.54) is 0 Å². The van der Waals surface area contributed by atoms with Crippen molar-refractivity contribution in [2.45, 2.75) is 46.0 Å². The minimum atomic E-state index is -1.26. The molecule has 0 bridgehead atoms. The second kappa shape index (κ2) is 7.32. The van der Waals surface area contributed by atoms with Crippen LogP contribution in [0.1, 0.15) is 40.2 Å². The van der Waals surface area contributed by atoms with Gasteiger partial charge in [-0.1, -0.05) is 65.0 Å². The number of hydrogen-bond donors (Lipinski definition) is 2. The Kier molecular flexibility index (Phi) is 4.68. The van der Waals surface area contributed by atoms with Gasteiger partial charge in [0.2, 0.25) is 0 Å². The van der Waals surface area contributed by atoms with Crippen LogP contribution in [0.5, 0.6) is 11.5 Å². The maximum Gasteiger partial charge on any atom is 0.261 e. The first-order chi connectivity index (χ1) is 17.0. The van der Waals surface area contributed by atoms with Gasteiger partial charge in [0.1, 0.15) is 17.1 Å². The quantitative estimate of drug-likeness (QED) is 0.343. The number of ether oxygens (including phenoxy) is 1. The summed E-state index contributed by atoms with van der Waals surface area (Å²) in [7, 11) is 0. The monoisotopic (exact) mass is 486 g/mol. The summed E-state index contributed by atoms with van der Waals surface area (Å²) in [6, 6.07) is 20.7. The maximum absolute atomic E-state index is 11.4. The second-order valence-corrected chi connectivity index (χ2v) is 11.4. The molecule has 2 unspecified atom stereocenters. The molecule has 36 heavy (non-hydrogen) atoms. The number of phenols is 2. The van der Waals surface area contributed by atoms with Crippen molar-refractivity contribution in [1.82, 2.24) is 9.55 Å². The number of nitrogens with zero attached hydrogens (tertiary/aromatic N) is 2. The fourth-order valence-electron chi connectivity index (χ4n) is 6.30. The van der Waals surface area contributed by atoms with E-state index < -0.39 is 11.4 Å². The van der Waals surface area contributed by atoms with E-state index in [9.17, 15) is 10.2 Å². The lowest BCUT2D eigenvalue weighted by atomic mass is 9.57. The van der Waals surface area contributed by atoms with Gasteiger partial charge in [-0.3, -0.25) is 4.57 Å². The van der Waals surface area contributed by atoms with Crippen LogP contribution in [0, 0.1) is 10.8 Å². The highest BCUT2D eigenvalue weighted by atomic mass is 17.3. The van der Waals surface area contributed by atoms with Gasteiger partial charge in [0.25, 0.3) is 5.79 Å². The fourth-order valence-corrected chi connectivity index (χ4v) is 6.30. The zero-order valence-corrected chi connectivity index (χ0v) is 21.1. The van der Waals surface area contributed by atoms with Crippen molar-refractivity contribution >= 4 is 11.0 Å². The Hall–Kier alpha value is -3.39. The third kappa shape index (κ3) is 2.76. The molecule has 0 aliphatic carbocycles. The Morgan fingerprint density at radius 2 is 1.53 bits per heavy atom. The molecule has 186 valence electrons. The van der Waals surface area contributed by atoms with E-state index in [0.29, 0.717) is 18.0 Å². The molecule has 7 nitrogen and oxygen atoms in total. The molecule has 0 spiro atoms. The number of hydrogen-bond acceptors (Lipinski definition) is 6. The first-order valence-corrected chi connectivity index (χ1v) is 12.1. The van der Waals surface area contributed by atoms with Crippen LogP contribution >= 0.6 is 0 Å². The van der Waals surface area contributed by atoms with E-state index in [1.807, 2.05) is 59.2 Å². The standard InChI is InChI=1S/C29H30N2O5/c1-26(2,3)29-27(4,5)17-34-28(29,35-36-29)18-15-22(32)24(23(33)16-18)25-30-20-13-9-10-14-21(20)31(25)19-11-7-6-8-12-19/h6-16,32-33H,17H2,1-5H3. The van der Waals surface area contributed by atoms with Crippen LogP contribution < -0.4 is 0 Å². The average Bonchev–Trinajstić information content (AvgIpc) is 3.23. The molecule has 3 aromatic carbocycles. The Balaban J connectivity index is 1.55. The lowest BCUT2D eigenvalue weighted by Gasteiger charge is -2.61. The van der Waals surface area contributed by atoms with Crippen molar-refractivity contribution < 1.29 is 24.7 Å². The molecule has 2 fully saturated rings. The number of imidazole rings is 1. The van der Waals surface area contributed by atoms with Crippen molar-refractivity contribution in [3.8, 4) is 28.6 Å². The predicted molar refractivity (Wildman–Crippen MR) is 136 cm³/mol. The molecule has 0 amide bonds. The molecular formula is C29H30N2O5. The third-order valence-corrected chi connectivity index (χ3v) is 7.67. The topological polar surface area (TPSA) is 86.0 Å². The lowest BCUT2D eigenvalue weighted by Crippen LogP contribution is -2.73. The van der Waals surface area contributed by atoms with Gasteiger partial charge in [-0.25, -0.2) is 9.87 Å². The number of aromatic nitrogens is 2. The molecule has 2 saturated heterocycles. The van der Waals surface area contributed by atoms with Crippen LogP contribution in [0.3, 0.4) is 0 Å². The van der Waals surface area contributed by atoms with E-state index >= 15 is 0 Å². The van der Waals surface area contributed by atoms with Crippen molar-refractivity contribution in [1.29, 1.82) is 0 Å². The molecule has 2 N–H and O–H groups in total. The molecule has 6 rings (SSSR count). The van der Waals surface area contributed by atoms with Gasteiger partial charge in [0.05, 0.1) is 17.6 Å². The number of para-hydroxylation sites is 3. The predicted octanol–water partition coefficient (Wildman–Crippen LogP) is 6.06. The van der Waals surface area contributed by atoms with Gasteiger partial charge in [-0.15, -0.1) is 0 Å². The minimum Gasteiger partial charge on any atom is -0.507 e. The van der Waals surface area contributed by atoms with Crippen molar-refractivity contribution in [3.63, 3.8) is 0 Å². The number of fused-ring (bicyclic) bond motifs is 2. The molecule has 2 atom stereocenters. The van der Waals surface area contributed by atoms with Crippen LogP contribution in [0.15, 0.2) is 66.7 Å². The van der Waals surface area contributed by atoms with Crippen molar-refractivity contribution in [3.05, 3.63) is 72.3 Å². The van der Waals surface area contributed by atoms with E-state index in [2.05, 4.69) is 34.6 Å². The fraction of sp³-hybridized carbons (Fsp3) is 0.345. The normalized spacial score (nSPS) is 25.0. The molecule has 0 saturated carbocycles. The summed E-state index contributed by atoms with van der Waals surface area (Å²) in [5.74, 6) is -1.08. The van der Waals surface area contributed by atoms with Crippen LogP contribution in [-0.2, 0) is 20.3 Å². The Labute approximate surface area is 209 Å². The molecule has 2 aliphatic heterocycles. The Morgan fingerprint density at radius 1 is 0.889 bits per heavy atom. The molecule has 7 heteroatoms. The van der Waals surface area contributed by atoms with Gasteiger partial charge in [-0.05, 0) is 36.4 Å². The van der Waals surface area contributed by atoms with Crippen LogP contribution in [0.4, 0.5) is 0 Å². The molecular weight excluding hydrogens is 456 g/mol. The Morgan fingerprint density at radius 3 is 2.14 bits per heavy atom. The highest BCUT2D eigenvalue weighted by Gasteiger charge is 2.81. The van der Waals surface area contributed by atoms with Gasteiger partial charge >= 0.3 is 0 Å². The summed E-state index contributed by atoms with van der Waals surface area (Å²) in [5, 5.41) is 22.7. The Bertz CT molecular complexity index is 1460. The van der Waals surface area contributed by atoms with Crippen LogP contribution in [0.2, 0.25) is 0 Å². The minimum absolute atomic E-state index is 0.126. The summed E-state index contributed by atoms with van der Waals surface area (Å²) in [6.07, 6.45) is 0. The molecule has 0 radical (unpaired) electrons. The maximum atomic E-state index is 11.4. The molecule has 2 aliphatic rings. The first-order valence-electron chi connectivity index (χ1n) is 12.1. The van der Waals surface area contributed by atoms with E-state index in [-0.39, 0.29) is 27.9 Å². The summed E-state index contributed by atoms with van der Waals surface area (Å²) < 4.78 is 8.21. The van der Waals surface area contributed by atoms with Gasteiger partial charge in [0, 0.05) is 22.1 Å². The van der Waals surface area contributed by atoms with Crippen molar-refractivity contribution in [2.24, 2.45) is 10.8 Å². The highest BCUT2D eigenvalue weighted by molar-refractivity contribution is 5.86. The van der Waals surface area contributed by atoms with Crippen LogP contribution in [-0.4, -0.2) is 32.0 Å². The van der Waals surface area contributed by atoms with Gasteiger partial charge in [-0.2, -0.15) is 4.89 Å². The molecule has 4 aromatic rings. The van der Waals surface area contributed by atoms with E-state index in [0.717, 1.165) is 16.7 Å².